The molecule has 246 valence electrons. The van der Waals surface area contributed by atoms with E-state index in [9.17, 15) is 9.59 Å². The van der Waals surface area contributed by atoms with Crippen molar-refractivity contribution in [2.75, 3.05) is 31.6 Å². The molecule has 4 heterocycles. The Kier molecular flexibility index (Phi) is 8.60. The molecule has 3 fully saturated rings. The number of Topliss-reactive ketones (excluding diaryl/α,β-unsaturated/α-hetero) is 1. The van der Waals surface area contributed by atoms with E-state index in [1.165, 1.54) is 0 Å². The lowest BCUT2D eigenvalue weighted by molar-refractivity contribution is -0.128. The molecule has 2 aromatic rings. The first-order valence-electron chi connectivity index (χ1n) is 16.9. The van der Waals surface area contributed by atoms with Gasteiger partial charge in [-0.25, -0.2) is 9.78 Å². The van der Waals surface area contributed by atoms with E-state index in [0.717, 1.165) is 75.1 Å². The van der Waals surface area contributed by atoms with Crippen LogP contribution in [0.15, 0.2) is 10.6 Å². The molecule has 1 saturated carbocycles. The zero-order valence-corrected chi connectivity index (χ0v) is 28.1. The summed E-state index contributed by atoms with van der Waals surface area (Å²) in [5.41, 5.74) is 0.426. The molecule has 45 heavy (non-hydrogen) atoms. The van der Waals surface area contributed by atoms with Crippen LogP contribution in [0.4, 0.5) is 10.6 Å². The average molecular weight is 623 g/mol. The van der Waals surface area contributed by atoms with E-state index >= 15 is 0 Å². The van der Waals surface area contributed by atoms with Crippen LogP contribution in [0.1, 0.15) is 104 Å². The molecule has 11 nitrogen and oxygen atoms in total. The summed E-state index contributed by atoms with van der Waals surface area (Å²) in [4.78, 5) is 42.7. The summed E-state index contributed by atoms with van der Waals surface area (Å²) >= 11 is 0. The highest BCUT2D eigenvalue weighted by Crippen LogP contribution is 2.47. The monoisotopic (exact) mass is 622 g/mol. The van der Waals surface area contributed by atoms with E-state index in [1.54, 1.807) is 0 Å². The number of piperazine rings is 1. The smallest absolute Gasteiger partial charge is 0.410 e. The molecular weight excluding hydrogens is 572 g/mol. The van der Waals surface area contributed by atoms with Crippen LogP contribution in [0.3, 0.4) is 0 Å². The van der Waals surface area contributed by atoms with Crippen molar-refractivity contribution in [2.24, 2.45) is 0 Å². The molecule has 2 saturated heterocycles. The van der Waals surface area contributed by atoms with Crippen molar-refractivity contribution in [1.82, 2.24) is 24.9 Å². The number of hydrogen-bond donors (Lipinski definition) is 0. The second-order valence-electron chi connectivity index (χ2n) is 14.8. The number of aromatic nitrogens is 3. The minimum atomic E-state index is -0.571. The second kappa shape index (κ2) is 12.2. The number of amides is 1. The number of likely N-dealkylation sites (N-methyl/N-ethyl adjacent to an activating group) is 1. The topological polar surface area (TPSA) is 114 Å². The summed E-state index contributed by atoms with van der Waals surface area (Å²) < 4.78 is 18.3. The number of ether oxygens (including phenoxy) is 2. The maximum Gasteiger partial charge on any atom is 0.410 e. The quantitative estimate of drug-likeness (QED) is 0.421. The third kappa shape index (κ3) is 6.16. The van der Waals surface area contributed by atoms with Crippen molar-refractivity contribution >= 4 is 17.7 Å². The van der Waals surface area contributed by atoms with Gasteiger partial charge in [-0.05, 0) is 100 Å². The maximum atomic E-state index is 13.3. The van der Waals surface area contributed by atoms with Crippen LogP contribution in [0.5, 0.6) is 5.88 Å². The standard InChI is InChI=1S/C34H50N6O5/c1-21-19-39(20-22(2)40(21)32(42)44-33(4,5)6)27-18-28(43-23(3)25-13-11-17-38(25)7)36-31(35-27)29-24-12-10-16-34(30(24)45-37-29)15-9-8-14-26(34)41/h18,21-23,25H,8-17,19-20H2,1-7H3/t21-,22+,23-,25-,34+/m0/s1. The van der Waals surface area contributed by atoms with Crippen LogP contribution >= 0.6 is 0 Å². The van der Waals surface area contributed by atoms with Gasteiger partial charge in [-0.15, -0.1) is 0 Å². The fraction of sp³-hybridized carbons (Fsp3) is 0.735. The molecule has 5 atom stereocenters. The zero-order chi connectivity index (χ0) is 32.1. The van der Waals surface area contributed by atoms with E-state index in [-0.39, 0.29) is 30.1 Å². The van der Waals surface area contributed by atoms with Crippen molar-refractivity contribution in [1.29, 1.82) is 0 Å². The third-order valence-corrected chi connectivity index (χ3v) is 10.2. The van der Waals surface area contributed by atoms with Gasteiger partial charge in [0.05, 0.1) is 17.5 Å². The predicted molar refractivity (Wildman–Crippen MR) is 171 cm³/mol. The normalized spacial score (nSPS) is 28.3. The summed E-state index contributed by atoms with van der Waals surface area (Å²) in [6.07, 6.45) is 7.73. The van der Waals surface area contributed by atoms with Crippen LogP contribution in [-0.2, 0) is 21.4 Å². The highest BCUT2D eigenvalue weighted by Gasteiger charge is 2.48. The Bertz CT molecular complexity index is 1410. The molecule has 0 bridgehead atoms. The predicted octanol–water partition coefficient (Wildman–Crippen LogP) is 5.54. The molecule has 2 aromatic heterocycles. The highest BCUT2D eigenvalue weighted by atomic mass is 16.6. The molecule has 0 radical (unpaired) electrons. The Labute approximate surface area is 267 Å². The summed E-state index contributed by atoms with van der Waals surface area (Å²) in [6, 6.07) is 2.01. The van der Waals surface area contributed by atoms with Gasteiger partial charge < -0.3 is 18.9 Å². The highest BCUT2D eigenvalue weighted by molar-refractivity contribution is 5.91. The van der Waals surface area contributed by atoms with Gasteiger partial charge in [-0.3, -0.25) is 14.6 Å². The minimum absolute atomic E-state index is 0.0654. The van der Waals surface area contributed by atoms with Gasteiger partial charge in [0, 0.05) is 37.2 Å². The molecule has 4 aliphatic rings. The third-order valence-electron chi connectivity index (χ3n) is 10.2. The Balaban J connectivity index is 1.34. The van der Waals surface area contributed by atoms with Crippen molar-refractivity contribution in [2.45, 2.75) is 135 Å². The molecule has 2 aliphatic carbocycles. The van der Waals surface area contributed by atoms with Crippen molar-refractivity contribution in [3.8, 4) is 17.4 Å². The molecule has 0 unspecified atom stereocenters. The lowest BCUT2D eigenvalue weighted by Gasteiger charge is -2.45. The summed E-state index contributed by atoms with van der Waals surface area (Å²) in [6.45, 7) is 14.1. The van der Waals surface area contributed by atoms with E-state index in [4.69, 9.17) is 24.0 Å². The molecule has 2 aliphatic heterocycles. The van der Waals surface area contributed by atoms with Gasteiger partial charge in [0.2, 0.25) is 5.88 Å². The molecule has 1 spiro atoms. The molecule has 6 rings (SSSR count). The number of carbonyl (C=O) groups is 2. The van der Waals surface area contributed by atoms with Crippen LogP contribution in [-0.4, -0.2) is 93.3 Å². The number of anilines is 1. The van der Waals surface area contributed by atoms with Crippen LogP contribution in [0.2, 0.25) is 0 Å². The fourth-order valence-corrected chi connectivity index (χ4v) is 8.09. The summed E-state index contributed by atoms with van der Waals surface area (Å²) in [5, 5.41) is 4.54. The Morgan fingerprint density at radius 3 is 2.47 bits per heavy atom. The number of likely N-dealkylation sites (tertiary alicyclic amines) is 1. The summed E-state index contributed by atoms with van der Waals surface area (Å²) in [7, 11) is 2.14. The van der Waals surface area contributed by atoms with Crippen molar-refractivity contribution in [3.63, 3.8) is 0 Å². The number of hydrogen-bond acceptors (Lipinski definition) is 10. The largest absolute Gasteiger partial charge is 0.473 e. The van der Waals surface area contributed by atoms with Gasteiger partial charge in [0.1, 0.15) is 23.3 Å². The lowest BCUT2D eigenvalue weighted by atomic mass is 9.64. The Morgan fingerprint density at radius 2 is 1.80 bits per heavy atom. The van der Waals surface area contributed by atoms with Crippen LogP contribution in [0.25, 0.3) is 11.5 Å². The van der Waals surface area contributed by atoms with Gasteiger partial charge in [-0.1, -0.05) is 11.6 Å². The minimum Gasteiger partial charge on any atom is -0.473 e. The first-order valence-corrected chi connectivity index (χ1v) is 16.9. The molecule has 1 amide bonds. The molecule has 0 N–H and O–H groups in total. The van der Waals surface area contributed by atoms with E-state index in [2.05, 4.69) is 28.9 Å². The molecule has 11 heteroatoms. The Morgan fingerprint density at radius 1 is 1.07 bits per heavy atom. The SMILES string of the molecule is C[C@H](Oc1cc(N2C[C@@H](C)N(C(=O)OC(C)(C)C)[C@@H](C)C2)nc(-c2noc3c2CCC[C@@]32CCCCC2=O)n1)[C@@H]1CCCN1C. The van der Waals surface area contributed by atoms with Crippen molar-refractivity contribution < 1.29 is 23.6 Å². The average Bonchev–Trinajstić information content (AvgIpc) is 3.60. The van der Waals surface area contributed by atoms with Gasteiger partial charge >= 0.3 is 6.09 Å². The molecular formula is C34H50N6O5. The first kappa shape index (κ1) is 31.8. The van der Waals surface area contributed by atoms with E-state index < -0.39 is 11.0 Å². The van der Waals surface area contributed by atoms with Crippen LogP contribution in [0, 0.1) is 0 Å². The van der Waals surface area contributed by atoms with E-state index in [1.807, 2.05) is 45.6 Å². The number of rotatable bonds is 5. The number of fused-ring (bicyclic) bond motifs is 2. The Hall–Kier alpha value is -3.21. The maximum absolute atomic E-state index is 13.3. The number of nitrogens with zero attached hydrogens (tertiary/aromatic N) is 6. The lowest BCUT2D eigenvalue weighted by Crippen LogP contribution is -2.59. The van der Waals surface area contributed by atoms with E-state index in [0.29, 0.717) is 43.0 Å². The molecule has 0 aromatic carbocycles. The summed E-state index contributed by atoms with van der Waals surface area (Å²) in [5.74, 6) is 2.67. The van der Waals surface area contributed by atoms with Crippen molar-refractivity contribution in [3.05, 3.63) is 17.4 Å². The number of ketones is 1. The first-order chi connectivity index (χ1) is 21.4. The second-order valence-corrected chi connectivity index (χ2v) is 14.8. The van der Waals surface area contributed by atoms with Gasteiger partial charge in [0.25, 0.3) is 0 Å². The van der Waals surface area contributed by atoms with Gasteiger partial charge in [0.15, 0.2) is 17.3 Å². The van der Waals surface area contributed by atoms with Crippen LogP contribution < -0.4 is 9.64 Å². The number of carbonyl (C=O) groups excluding carboxylic acids is 2. The zero-order valence-electron chi connectivity index (χ0n) is 28.1. The fourth-order valence-electron chi connectivity index (χ4n) is 8.09. The van der Waals surface area contributed by atoms with Gasteiger partial charge in [-0.2, -0.15) is 4.98 Å².